The maximum Gasteiger partial charge on any atom is 0.221 e. The molecule has 0 radical (unpaired) electrons. The van der Waals surface area contributed by atoms with E-state index in [-0.39, 0.29) is 5.91 Å². The predicted octanol–water partition coefficient (Wildman–Crippen LogP) is 1.43. The number of rotatable bonds is 6. The van der Waals surface area contributed by atoms with Gasteiger partial charge in [0.05, 0.1) is 12.2 Å². The van der Waals surface area contributed by atoms with Gasteiger partial charge in [0.15, 0.2) is 0 Å². The van der Waals surface area contributed by atoms with Crippen LogP contribution in [0.3, 0.4) is 0 Å². The lowest BCUT2D eigenvalue weighted by atomic mass is 10.2. The molecular weight excluding hydrogens is 260 g/mol. The van der Waals surface area contributed by atoms with Crippen molar-refractivity contribution in [3.63, 3.8) is 0 Å². The molecule has 0 bridgehead atoms. The Morgan fingerprint density at radius 3 is 2.89 bits per heavy atom. The van der Waals surface area contributed by atoms with E-state index in [1.807, 2.05) is 24.6 Å². The molecule has 0 aliphatic carbocycles. The molecule has 100 valence electrons. The first-order chi connectivity index (χ1) is 9.29. The average Bonchev–Trinajstić information content (AvgIpc) is 2.93. The summed E-state index contributed by atoms with van der Waals surface area (Å²) in [4.78, 5) is 19.9. The minimum atomic E-state index is 0.0370. The van der Waals surface area contributed by atoms with Gasteiger partial charge in [-0.3, -0.25) is 9.78 Å². The predicted molar refractivity (Wildman–Crippen MR) is 75.7 cm³/mol. The summed E-state index contributed by atoms with van der Waals surface area (Å²) in [5.74, 6) is 0.0370. The monoisotopic (exact) mass is 276 g/mol. The summed E-state index contributed by atoms with van der Waals surface area (Å²) < 4.78 is 0. The standard InChI is InChI=1S/C13H16N4OS/c1-14-5-4-12(18)16-8-13-17-11(9-19-13)10-2-6-15-7-3-10/h2-3,6-7,9,14H,4-5,8H2,1H3,(H,16,18). The highest BCUT2D eigenvalue weighted by molar-refractivity contribution is 7.09. The number of aromatic nitrogens is 2. The number of carbonyl (C=O) groups is 1. The van der Waals surface area contributed by atoms with Crippen molar-refractivity contribution in [2.45, 2.75) is 13.0 Å². The van der Waals surface area contributed by atoms with E-state index >= 15 is 0 Å². The van der Waals surface area contributed by atoms with E-state index in [2.05, 4.69) is 20.6 Å². The summed E-state index contributed by atoms with van der Waals surface area (Å²) in [6.45, 7) is 1.17. The summed E-state index contributed by atoms with van der Waals surface area (Å²) in [5, 5.41) is 8.70. The molecule has 0 spiro atoms. The lowest BCUT2D eigenvalue weighted by Gasteiger charge is -2.02. The van der Waals surface area contributed by atoms with Crippen LogP contribution in [0.1, 0.15) is 11.4 Å². The van der Waals surface area contributed by atoms with Crippen molar-refractivity contribution in [1.82, 2.24) is 20.6 Å². The number of thiazole rings is 1. The normalized spacial score (nSPS) is 10.4. The molecular formula is C13H16N4OS. The van der Waals surface area contributed by atoms with Crippen molar-refractivity contribution >= 4 is 17.2 Å². The molecule has 0 saturated heterocycles. The number of carbonyl (C=O) groups excluding carboxylic acids is 1. The van der Waals surface area contributed by atoms with Gasteiger partial charge in [0, 0.05) is 36.3 Å². The molecule has 1 amide bonds. The van der Waals surface area contributed by atoms with Gasteiger partial charge in [-0.05, 0) is 19.2 Å². The summed E-state index contributed by atoms with van der Waals surface area (Å²) >= 11 is 1.55. The fourth-order valence-corrected chi connectivity index (χ4v) is 2.29. The number of amides is 1. The second kappa shape index (κ2) is 6.96. The zero-order chi connectivity index (χ0) is 13.5. The van der Waals surface area contributed by atoms with Gasteiger partial charge in [0.1, 0.15) is 5.01 Å². The Balaban J connectivity index is 1.90. The van der Waals surface area contributed by atoms with Crippen LogP contribution in [0.4, 0.5) is 0 Å². The van der Waals surface area contributed by atoms with Gasteiger partial charge in [-0.1, -0.05) is 0 Å². The van der Waals surface area contributed by atoms with Crippen LogP contribution in [-0.4, -0.2) is 29.5 Å². The van der Waals surface area contributed by atoms with Gasteiger partial charge in [0.2, 0.25) is 5.91 Å². The molecule has 0 aliphatic rings. The molecule has 0 saturated carbocycles. The van der Waals surface area contributed by atoms with Crippen LogP contribution in [0.25, 0.3) is 11.3 Å². The van der Waals surface area contributed by atoms with Crippen molar-refractivity contribution in [1.29, 1.82) is 0 Å². The third-order valence-electron chi connectivity index (χ3n) is 2.57. The third-order valence-corrected chi connectivity index (χ3v) is 3.42. The molecule has 2 rings (SSSR count). The fourth-order valence-electron chi connectivity index (χ4n) is 1.55. The van der Waals surface area contributed by atoms with E-state index in [1.54, 1.807) is 23.7 Å². The lowest BCUT2D eigenvalue weighted by Crippen LogP contribution is -2.25. The molecule has 5 nitrogen and oxygen atoms in total. The van der Waals surface area contributed by atoms with E-state index < -0.39 is 0 Å². The Kier molecular flexibility index (Phi) is 5.00. The first-order valence-electron chi connectivity index (χ1n) is 6.05. The van der Waals surface area contributed by atoms with Crippen LogP contribution in [0.2, 0.25) is 0 Å². The van der Waals surface area contributed by atoms with E-state index in [4.69, 9.17) is 0 Å². The smallest absolute Gasteiger partial charge is 0.221 e. The Hall–Kier alpha value is -1.79. The Morgan fingerprint density at radius 2 is 2.16 bits per heavy atom. The second-order valence-electron chi connectivity index (χ2n) is 3.99. The zero-order valence-corrected chi connectivity index (χ0v) is 11.5. The first-order valence-corrected chi connectivity index (χ1v) is 6.93. The summed E-state index contributed by atoms with van der Waals surface area (Å²) in [5.41, 5.74) is 1.96. The van der Waals surface area contributed by atoms with Crippen molar-refractivity contribution in [2.75, 3.05) is 13.6 Å². The summed E-state index contributed by atoms with van der Waals surface area (Å²) in [6, 6.07) is 3.84. The number of hydrogen-bond acceptors (Lipinski definition) is 5. The highest BCUT2D eigenvalue weighted by Crippen LogP contribution is 2.20. The molecule has 6 heteroatoms. The van der Waals surface area contributed by atoms with E-state index in [0.717, 1.165) is 16.3 Å². The fraction of sp³-hybridized carbons (Fsp3) is 0.308. The molecule has 0 fully saturated rings. The van der Waals surface area contributed by atoms with E-state index in [9.17, 15) is 4.79 Å². The maximum absolute atomic E-state index is 11.5. The highest BCUT2D eigenvalue weighted by Gasteiger charge is 2.06. The quantitative estimate of drug-likeness (QED) is 0.837. The van der Waals surface area contributed by atoms with Gasteiger partial charge in [-0.2, -0.15) is 0 Å². The SMILES string of the molecule is CNCCC(=O)NCc1nc(-c2ccncc2)cs1. The molecule has 2 heterocycles. The highest BCUT2D eigenvalue weighted by atomic mass is 32.1. The Morgan fingerprint density at radius 1 is 1.37 bits per heavy atom. The van der Waals surface area contributed by atoms with E-state index in [0.29, 0.717) is 19.5 Å². The number of nitrogens with one attached hydrogen (secondary N) is 2. The topological polar surface area (TPSA) is 66.9 Å². The molecule has 0 atom stereocenters. The maximum atomic E-state index is 11.5. The molecule has 2 N–H and O–H groups in total. The number of pyridine rings is 1. The van der Waals surface area contributed by atoms with Gasteiger partial charge in [-0.15, -0.1) is 11.3 Å². The van der Waals surface area contributed by atoms with Gasteiger partial charge < -0.3 is 10.6 Å². The van der Waals surface area contributed by atoms with Crippen LogP contribution >= 0.6 is 11.3 Å². The Bertz CT molecular complexity index is 526. The molecule has 2 aromatic heterocycles. The second-order valence-corrected chi connectivity index (χ2v) is 4.94. The van der Waals surface area contributed by atoms with Gasteiger partial charge in [-0.25, -0.2) is 4.98 Å². The van der Waals surface area contributed by atoms with Crippen LogP contribution in [0.15, 0.2) is 29.9 Å². The van der Waals surface area contributed by atoms with Gasteiger partial charge in [0.25, 0.3) is 0 Å². The van der Waals surface area contributed by atoms with Gasteiger partial charge >= 0.3 is 0 Å². The number of hydrogen-bond donors (Lipinski definition) is 2. The van der Waals surface area contributed by atoms with E-state index in [1.165, 1.54) is 0 Å². The average molecular weight is 276 g/mol. The lowest BCUT2D eigenvalue weighted by molar-refractivity contribution is -0.121. The number of nitrogens with zero attached hydrogens (tertiary/aromatic N) is 2. The third kappa shape index (κ3) is 4.11. The Labute approximate surface area is 116 Å². The molecule has 2 aromatic rings. The molecule has 0 aromatic carbocycles. The zero-order valence-electron chi connectivity index (χ0n) is 10.7. The summed E-state index contributed by atoms with van der Waals surface area (Å²) in [7, 11) is 1.83. The van der Waals surface area contributed by atoms with Crippen LogP contribution in [-0.2, 0) is 11.3 Å². The minimum absolute atomic E-state index is 0.0370. The van der Waals surface area contributed by atoms with Crippen molar-refractivity contribution in [3.8, 4) is 11.3 Å². The molecule has 0 unspecified atom stereocenters. The van der Waals surface area contributed by atoms with Crippen molar-refractivity contribution < 1.29 is 4.79 Å². The minimum Gasteiger partial charge on any atom is -0.350 e. The molecule has 0 aliphatic heterocycles. The van der Waals surface area contributed by atoms with Crippen LogP contribution in [0.5, 0.6) is 0 Å². The van der Waals surface area contributed by atoms with Crippen LogP contribution < -0.4 is 10.6 Å². The summed E-state index contributed by atoms with van der Waals surface area (Å²) in [6.07, 6.45) is 3.97. The van der Waals surface area contributed by atoms with Crippen molar-refractivity contribution in [2.24, 2.45) is 0 Å². The largest absolute Gasteiger partial charge is 0.350 e. The van der Waals surface area contributed by atoms with Crippen LogP contribution in [0, 0.1) is 0 Å². The first kappa shape index (κ1) is 13.6. The van der Waals surface area contributed by atoms with Crippen molar-refractivity contribution in [3.05, 3.63) is 34.9 Å². The molecule has 19 heavy (non-hydrogen) atoms.